The highest BCUT2D eigenvalue weighted by molar-refractivity contribution is 8.00. The fraction of sp³-hybridized carbons (Fsp3) is 0.476. The molecule has 0 bridgehead atoms. The first kappa shape index (κ1) is 45.8. The Morgan fingerprint density at radius 1 is 1.13 bits per heavy atom. The minimum absolute atomic E-state index is 0.0389. The first-order chi connectivity index (χ1) is 29.2. The molecule has 2 aliphatic rings. The average Bonchev–Trinajstić information content (AvgIpc) is 3.66. The summed E-state index contributed by atoms with van der Waals surface area (Å²) >= 11 is 9.08. The van der Waals surface area contributed by atoms with Crippen LogP contribution in [0.25, 0.3) is 10.4 Å². The lowest BCUT2D eigenvalue weighted by Gasteiger charge is -2.37. The van der Waals surface area contributed by atoms with E-state index >= 15 is 0 Å². The summed E-state index contributed by atoms with van der Waals surface area (Å²) in [6.45, 7) is 6.70. The SMILES string of the molecule is CNc1nc(Nc2ccc(OCCOCCCSC(C)(C)[C@@H](NC(=O)C3(F)CC3)C(=O)N3C[C@H](O)C[C@H]3C(=O)NCc3ccc(-c4scnc4C)cc3)cc2OC)ncc1Cl. The largest absolute Gasteiger partial charge is 0.494 e. The Labute approximate surface area is 367 Å². The summed E-state index contributed by atoms with van der Waals surface area (Å²) in [5, 5.41) is 22.7. The molecule has 6 rings (SSSR count). The van der Waals surface area contributed by atoms with E-state index in [9.17, 15) is 23.9 Å². The smallest absolute Gasteiger partial charge is 0.258 e. The third-order valence-electron chi connectivity index (χ3n) is 10.4. The topological polar surface area (TPSA) is 189 Å². The van der Waals surface area contributed by atoms with Crippen molar-refractivity contribution in [2.75, 3.05) is 56.9 Å². The van der Waals surface area contributed by atoms with E-state index in [-0.39, 0.29) is 39.0 Å². The van der Waals surface area contributed by atoms with Gasteiger partial charge in [-0.25, -0.2) is 14.4 Å². The predicted octanol–water partition coefficient (Wildman–Crippen LogP) is 5.92. The zero-order chi connectivity index (χ0) is 43.7. The Kier molecular flexibility index (Phi) is 15.3. The molecule has 2 aromatic carbocycles. The molecule has 19 heteroatoms. The Bertz CT molecular complexity index is 2160. The summed E-state index contributed by atoms with van der Waals surface area (Å²) in [6.07, 6.45) is 1.38. The van der Waals surface area contributed by atoms with Crippen molar-refractivity contribution in [1.29, 1.82) is 0 Å². The number of thioether (sulfide) groups is 1. The molecule has 15 nitrogen and oxygen atoms in total. The number of nitrogens with zero attached hydrogens (tertiary/aromatic N) is 4. The summed E-state index contributed by atoms with van der Waals surface area (Å²) in [6, 6.07) is 11.0. The third kappa shape index (κ3) is 11.8. The van der Waals surface area contributed by atoms with E-state index in [1.807, 2.05) is 45.0 Å². The number of hydrogen-bond acceptors (Lipinski definition) is 14. The van der Waals surface area contributed by atoms with E-state index in [2.05, 4.69) is 36.2 Å². The molecule has 5 N–H and O–H groups in total. The number of carbonyl (C=O) groups is 3. The van der Waals surface area contributed by atoms with Gasteiger partial charge in [0, 0.05) is 44.0 Å². The van der Waals surface area contributed by atoms with Gasteiger partial charge in [0.2, 0.25) is 17.8 Å². The normalized spacial score (nSPS) is 17.3. The molecule has 1 aliphatic carbocycles. The zero-order valence-electron chi connectivity index (χ0n) is 34.8. The van der Waals surface area contributed by atoms with Gasteiger partial charge < -0.3 is 45.5 Å². The van der Waals surface area contributed by atoms with Crippen LogP contribution in [0.2, 0.25) is 5.02 Å². The van der Waals surface area contributed by atoms with Crippen molar-refractivity contribution >= 4 is 69.9 Å². The molecule has 1 aliphatic heterocycles. The lowest BCUT2D eigenvalue weighted by atomic mass is 10.00. The Morgan fingerprint density at radius 2 is 1.90 bits per heavy atom. The summed E-state index contributed by atoms with van der Waals surface area (Å²) < 4.78 is 31.3. The van der Waals surface area contributed by atoms with E-state index in [4.69, 9.17) is 25.8 Å². The van der Waals surface area contributed by atoms with E-state index in [1.54, 1.807) is 49.2 Å². The lowest BCUT2D eigenvalue weighted by molar-refractivity contribution is -0.143. The number of aryl methyl sites for hydroxylation is 1. The molecule has 3 amide bonds. The second-order valence-electron chi connectivity index (χ2n) is 15.3. The first-order valence-corrected chi connectivity index (χ1v) is 22.2. The molecule has 1 saturated carbocycles. The highest BCUT2D eigenvalue weighted by Gasteiger charge is 2.54. The second-order valence-corrected chi connectivity index (χ2v) is 18.4. The van der Waals surface area contributed by atoms with Crippen molar-refractivity contribution in [3.63, 3.8) is 0 Å². The van der Waals surface area contributed by atoms with Crippen LogP contribution in [-0.4, -0.2) is 118 Å². The number of rotatable bonds is 21. The van der Waals surface area contributed by atoms with Crippen molar-refractivity contribution in [2.45, 2.75) is 81.6 Å². The van der Waals surface area contributed by atoms with Gasteiger partial charge in [0.25, 0.3) is 5.91 Å². The minimum Gasteiger partial charge on any atom is -0.494 e. The number of aliphatic hydroxyl groups excluding tert-OH is 1. The molecule has 2 aromatic heterocycles. The zero-order valence-corrected chi connectivity index (χ0v) is 37.1. The number of aromatic nitrogens is 3. The van der Waals surface area contributed by atoms with Gasteiger partial charge >= 0.3 is 0 Å². The van der Waals surface area contributed by atoms with Gasteiger partial charge in [-0.3, -0.25) is 14.4 Å². The summed E-state index contributed by atoms with van der Waals surface area (Å²) in [7, 11) is 3.26. The molecule has 3 heterocycles. The van der Waals surface area contributed by atoms with Crippen LogP contribution in [0, 0.1) is 6.92 Å². The number of thiazole rings is 1. The van der Waals surface area contributed by atoms with Crippen molar-refractivity contribution in [3.05, 3.63) is 70.5 Å². The van der Waals surface area contributed by atoms with Gasteiger partial charge in [-0.05, 0) is 69.0 Å². The molecule has 1 saturated heterocycles. The third-order valence-corrected chi connectivity index (χ3v) is 13.1. The Hall–Kier alpha value is -4.75. The molecule has 4 aromatic rings. The van der Waals surface area contributed by atoms with Crippen molar-refractivity contribution in [3.8, 4) is 21.9 Å². The molecular formula is C42H52ClFN8O7S2. The van der Waals surface area contributed by atoms with Crippen molar-refractivity contribution in [1.82, 2.24) is 30.5 Å². The van der Waals surface area contributed by atoms with Crippen LogP contribution in [0.5, 0.6) is 11.5 Å². The summed E-state index contributed by atoms with van der Waals surface area (Å²) in [5.74, 6) is 0.665. The molecule has 0 unspecified atom stereocenters. The van der Waals surface area contributed by atoms with Gasteiger partial charge in [-0.15, -0.1) is 11.3 Å². The lowest BCUT2D eigenvalue weighted by Crippen LogP contribution is -2.61. The van der Waals surface area contributed by atoms with Gasteiger partial charge in [0.1, 0.15) is 41.0 Å². The van der Waals surface area contributed by atoms with Crippen LogP contribution in [0.3, 0.4) is 0 Å². The number of methoxy groups -OCH3 is 1. The van der Waals surface area contributed by atoms with Crippen LogP contribution in [-0.2, 0) is 25.7 Å². The monoisotopic (exact) mass is 898 g/mol. The van der Waals surface area contributed by atoms with Crippen molar-refractivity contribution < 1.29 is 38.1 Å². The number of aliphatic hydroxyl groups is 1. The maximum Gasteiger partial charge on any atom is 0.258 e. The van der Waals surface area contributed by atoms with Gasteiger partial charge in [-0.1, -0.05) is 35.9 Å². The highest BCUT2D eigenvalue weighted by atomic mass is 35.5. The number of ether oxygens (including phenoxy) is 3. The van der Waals surface area contributed by atoms with Crippen LogP contribution in [0.15, 0.2) is 54.2 Å². The standard InChI is InChI=1S/C42H52ClFN8O7S2/c1-25-34(60-24-48-25)27-9-7-26(8-10-27)21-46-37(54)32-19-28(53)23-52(32)38(55)35(50-39(56)42(44)13-14-42)41(2,3)61-18-6-15-58-16-17-59-29-11-12-31(33(20-29)57-5)49-40-47-22-30(43)36(45-4)51-40/h7-12,20,22,24,28,32,35,53H,6,13-19,21,23H2,1-5H3,(H,46,54)(H,50,56)(H2,45,47,49,51)/t28-,32+,35+/m1/s1. The summed E-state index contributed by atoms with van der Waals surface area (Å²) in [4.78, 5) is 56.2. The maximum atomic E-state index is 15.0. The Balaban J connectivity index is 0.980. The van der Waals surface area contributed by atoms with Gasteiger partial charge in [0.05, 0.1) is 47.8 Å². The number of benzene rings is 2. The van der Waals surface area contributed by atoms with Crippen LogP contribution in [0.1, 0.15) is 50.8 Å². The fourth-order valence-corrected chi connectivity index (χ4v) is 8.86. The molecular weight excluding hydrogens is 847 g/mol. The van der Waals surface area contributed by atoms with E-state index in [1.165, 1.54) is 22.9 Å². The van der Waals surface area contributed by atoms with Crippen molar-refractivity contribution in [2.24, 2.45) is 0 Å². The van der Waals surface area contributed by atoms with Crippen LogP contribution < -0.4 is 30.7 Å². The van der Waals surface area contributed by atoms with Crippen LogP contribution in [0.4, 0.5) is 21.8 Å². The first-order valence-electron chi connectivity index (χ1n) is 20.0. The number of carbonyl (C=O) groups excluding carboxylic acids is 3. The average molecular weight is 900 g/mol. The van der Waals surface area contributed by atoms with Crippen LogP contribution >= 0.6 is 34.7 Å². The number of alkyl halides is 1. The number of halogens is 2. The summed E-state index contributed by atoms with van der Waals surface area (Å²) in [5.41, 5.74) is 3.26. The quantitative estimate of drug-likeness (QED) is 0.0621. The number of β-amino-alcohol motifs (C(OH)–C–C–N with tert-alkyl or cyclic N) is 1. The maximum absolute atomic E-state index is 15.0. The molecule has 2 fully saturated rings. The Morgan fingerprint density at radius 3 is 2.59 bits per heavy atom. The number of likely N-dealkylation sites (tertiary alicyclic amines) is 1. The van der Waals surface area contributed by atoms with Gasteiger partial charge in [0.15, 0.2) is 5.67 Å². The predicted molar refractivity (Wildman–Crippen MR) is 236 cm³/mol. The number of nitrogens with one attached hydrogen (secondary N) is 4. The minimum atomic E-state index is -2.02. The number of hydrogen-bond donors (Lipinski definition) is 5. The second kappa shape index (κ2) is 20.4. The van der Waals surface area contributed by atoms with Gasteiger partial charge in [-0.2, -0.15) is 16.7 Å². The van der Waals surface area contributed by atoms with E-state index < -0.39 is 46.3 Å². The molecule has 61 heavy (non-hydrogen) atoms. The molecule has 0 radical (unpaired) electrons. The number of anilines is 3. The molecule has 0 spiro atoms. The fourth-order valence-electron chi connectivity index (χ4n) is 6.75. The molecule has 3 atom stereocenters. The highest BCUT2D eigenvalue weighted by Crippen LogP contribution is 2.41. The van der Waals surface area contributed by atoms with E-state index in [0.29, 0.717) is 59.4 Å². The number of amides is 3. The molecule has 328 valence electrons. The van der Waals surface area contributed by atoms with E-state index in [0.717, 1.165) is 21.7 Å².